The van der Waals surface area contributed by atoms with E-state index in [1.807, 2.05) is 4.68 Å². The molecule has 2 rings (SSSR count). The smallest absolute Gasteiger partial charge is 0.165 e. The third kappa shape index (κ3) is 2.56. The lowest BCUT2D eigenvalue weighted by Crippen LogP contribution is -2.24. The van der Waals surface area contributed by atoms with Crippen molar-refractivity contribution in [3.63, 3.8) is 0 Å². The number of hydrogen-bond donors (Lipinski definition) is 1. The highest BCUT2D eigenvalue weighted by Crippen LogP contribution is 2.16. The Labute approximate surface area is 95.8 Å². The summed E-state index contributed by atoms with van der Waals surface area (Å²) in [7, 11) is 0. The lowest BCUT2D eigenvalue weighted by atomic mass is 10.1. The number of rotatable bonds is 5. The van der Waals surface area contributed by atoms with Gasteiger partial charge in [0.2, 0.25) is 0 Å². The van der Waals surface area contributed by atoms with Crippen molar-refractivity contribution in [2.24, 2.45) is 11.7 Å². The first-order valence-electron chi connectivity index (χ1n) is 6.01. The maximum atomic E-state index is 5.67. The van der Waals surface area contributed by atoms with Gasteiger partial charge in [-0.1, -0.05) is 6.92 Å². The Morgan fingerprint density at radius 2 is 2.38 bits per heavy atom. The summed E-state index contributed by atoms with van der Waals surface area (Å²) in [5.41, 5.74) is 5.67. The Morgan fingerprint density at radius 1 is 1.50 bits per heavy atom. The van der Waals surface area contributed by atoms with E-state index in [4.69, 9.17) is 5.73 Å². The van der Waals surface area contributed by atoms with Crippen LogP contribution in [-0.4, -0.2) is 44.7 Å². The van der Waals surface area contributed by atoms with Gasteiger partial charge >= 0.3 is 0 Å². The van der Waals surface area contributed by atoms with Crippen molar-refractivity contribution in [2.45, 2.75) is 32.9 Å². The molecule has 1 aromatic rings. The van der Waals surface area contributed by atoms with E-state index in [0.717, 1.165) is 45.0 Å². The van der Waals surface area contributed by atoms with Crippen molar-refractivity contribution < 1.29 is 0 Å². The van der Waals surface area contributed by atoms with Crippen LogP contribution in [0.5, 0.6) is 0 Å². The third-order valence-corrected chi connectivity index (χ3v) is 3.11. The van der Waals surface area contributed by atoms with Crippen LogP contribution in [0.1, 0.15) is 25.6 Å². The van der Waals surface area contributed by atoms with E-state index in [2.05, 4.69) is 27.3 Å². The van der Waals surface area contributed by atoms with Crippen LogP contribution in [0.2, 0.25) is 0 Å². The van der Waals surface area contributed by atoms with Gasteiger partial charge in [0.05, 0.1) is 6.54 Å². The van der Waals surface area contributed by atoms with E-state index in [1.165, 1.54) is 6.42 Å². The van der Waals surface area contributed by atoms with Gasteiger partial charge in [0, 0.05) is 13.1 Å². The average molecular weight is 224 g/mol. The summed E-state index contributed by atoms with van der Waals surface area (Å²) >= 11 is 0. The number of hydrogen-bond acceptors (Lipinski definition) is 5. The fourth-order valence-electron chi connectivity index (χ4n) is 2.17. The Kier molecular flexibility index (Phi) is 3.84. The monoisotopic (exact) mass is 224 g/mol. The van der Waals surface area contributed by atoms with Gasteiger partial charge in [-0.2, -0.15) is 0 Å². The first kappa shape index (κ1) is 11.5. The first-order valence-corrected chi connectivity index (χ1v) is 6.01. The van der Waals surface area contributed by atoms with Crippen LogP contribution in [0.15, 0.2) is 0 Å². The van der Waals surface area contributed by atoms with Gasteiger partial charge in [0.25, 0.3) is 0 Å². The lowest BCUT2D eigenvalue weighted by molar-refractivity contribution is 0.301. The zero-order valence-corrected chi connectivity index (χ0v) is 9.84. The molecule has 1 fully saturated rings. The molecule has 1 aliphatic rings. The van der Waals surface area contributed by atoms with E-state index in [-0.39, 0.29) is 0 Å². The standard InChI is InChI=1S/C10H20N6/c1-2-4-16-10(12-13-14-16)8-15-5-3-9(6-11)7-15/h9H,2-8,11H2,1H3. The van der Waals surface area contributed by atoms with Crippen molar-refractivity contribution in [3.05, 3.63) is 5.82 Å². The molecule has 0 saturated carbocycles. The van der Waals surface area contributed by atoms with Crippen molar-refractivity contribution in [3.8, 4) is 0 Å². The molecule has 2 heterocycles. The minimum absolute atomic E-state index is 0.649. The molecule has 16 heavy (non-hydrogen) atoms. The van der Waals surface area contributed by atoms with Crippen LogP contribution < -0.4 is 5.73 Å². The molecule has 0 radical (unpaired) electrons. The van der Waals surface area contributed by atoms with Gasteiger partial charge in [-0.15, -0.1) is 5.10 Å². The van der Waals surface area contributed by atoms with E-state index in [1.54, 1.807) is 0 Å². The van der Waals surface area contributed by atoms with Crippen LogP contribution in [0.3, 0.4) is 0 Å². The highest BCUT2D eigenvalue weighted by atomic mass is 15.5. The summed E-state index contributed by atoms with van der Waals surface area (Å²) in [6, 6.07) is 0. The third-order valence-electron chi connectivity index (χ3n) is 3.11. The Morgan fingerprint density at radius 3 is 3.06 bits per heavy atom. The highest BCUT2D eigenvalue weighted by molar-refractivity contribution is 4.85. The number of aryl methyl sites for hydroxylation is 1. The van der Waals surface area contributed by atoms with Crippen LogP contribution in [0.4, 0.5) is 0 Å². The van der Waals surface area contributed by atoms with E-state index in [0.29, 0.717) is 5.92 Å². The molecule has 1 saturated heterocycles. The SMILES string of the molecule is CCCn1nnnc1CN1CCC(CN)C1. The van der Waals surface area contributed by atoms with Crippen LogP contribution in [-0.2, 0) is 13.1 Å². The second-order valence-corrected chi connectivity index (χ2v) is 4.44. The number of likely N-dealkylation sites (tertiary alicyclic amines) is 1. The molecule has 6 heteroatoms. The largest absolute Gasteiger partial charge is 0.330 e. The summed E-state index contributed by atoms with van der Waals surface area (Å²) in [4.78, 5) is 2.38. The molecule has 1 atom stereocenters. The Balaban J connectivity index is 1.91. The van der Waals surface area contributed by atoms with Gasteiger partial charge in [-0.25, -0.2) is 4.68 Å². The normalized spacial score (nSPS) is 21.8. The first-order chi connectivity index (χ1) is 7.83. The number of aromatic nitrogens is 4. The zero-order chi connectivity index (χ0) is 11.4. The molecule has 1 unspecified atom stereocenters. The van der Waals surface area contributed by atoms with Gasteiger partial charge in [0.15, 0.2) is 5.82 Å². The molecule has 0 amide bonds. The quantitative estimate of drug-likeness (QED) is 0.754. The molecule has 0 aliphatic carbocycles. The van der Waals surface area contributed by atoms with Crippen LogP contribution in [0, 0.1) is 5.92 Å². The van der Waals surface area contributed by atoms with Crippen LogP contribution >= 0.6 is 0 Å². The lowest BCUT2D eigenvalue weighted by Gasteiger charge is -2.14. The molecule has 90 valence electrons. The van der Waals surface area contributed by atoms with Gasteiger partial charge in [-0.3, -0.25) is 4.90 Å². The minimum Gasteiger partial charge on any atom is -0.330 e. The maximum Gasteiger partial charge on any atom is 0.165 e. The molecular formula is C10H20N6. The molecule has 0 spiro atoms. The Bertz CT molecular complexity index is 323. The molecule has 6 nitrogen and oxygen atoms in total. The highest BCUT2D eigenvalue weighted by Gasteiger charge is 2.22. The minimum atomic E-state index is 0.649. The van der Waals surface area contributed by atoms with Crippen molar-refractivity contribution in [1.82, 2.24) is 25.1 Å². The number of tetrazole rings is 1. The molecular weight excluding hydrogens is 204 g/mol. The van der Waals surface area contributed by atoms with Crippen LogP contribution in [0.25, 0.3) is 0 Å². The zero-order valence-electron chi connectivity index (χ0n) is 9.84. The average Bonchev–Trinajstić information content (AvgIpc) is 2.90. The number of nitrogens with zero attached hydrogens (tertiary/aromatic N) is 5. The van der Waals surface area contributed by atoms with Crippen molar-refractivity contribution in [2.75, 3.05) is 19.6 Å². The molecule has 0 aromatic carbocycles. The predicted octanol–water partition coefficient (Wildman–Crippen LogP) is -0.136. The second-order valence-electron chi connectivity index (χ2n) is 4.44. The van der Waals surface area contributed by atoms with Crippen molar-refractivity contribution in [1.29, 1.82) is 0 Å². The molecule has 1 aromatic heterocycles. The Hall–Kier alpha value is -1.01. The van der Waals surface area contributed by atoms with E-state index in [9.17, 15) is 0 Å². The summed E-state index contributed by atoms with van der Waals surface area (Å²) in [5, 5.41) is 11.8. The summed E-state index contributed by atoms with van der Waals surface area (Å²) in [6.45, 7) is 6.86. The topological polar surface area (TPSA) is 72.9 Å². The molecule has 1 aliphatic heterocycles. The summed E-state index contributed by atoms with van der Waals surface area (Å²) in [5.74, 6) is 1.62. The molecule has 2 N–H and O–H groups in total. The van der Waals surface area contributed by atoms with E-state index >= 15 is 0 Å². The second kappa shape index (κ2) is 5.36. The van der Waals surface area contributed by atoms with Gasteiger partial charge in [0.1, 0.15) is 0 Å². The number of nitrogens with two attached hydrogens (primary N) is 1. The van der Waals surface area contributed by atoms with Crippen molar-refractivity contribution >= 4 is 0 Å². The van der Waals surface area contributed by atoms with E-state index < -0.39 is 0 Å². The fraction of sp³-hybridized carbons (Fsp3) is 0.900. The maximum absolute atomic E-state index is 5.67. The summed E-state index contributed by atoms with van der Waals surface area (Å²) in [6.07, 6.45) is 2.26. The molecule has 0 bridgehead atoms. The fourth-order valence-corrected chi connectivity index (χ4v) is 2.17. The predicted molar refractivity (Wildman–Crippen MR) is 60.5 cm³/mol. The summed E-state index contributed by atoms with van der Waals surface area (Å²) < 4.78 is 1.90. The van der Waals surface area contributed by atoms with Gasteiger partial charge in [-0.05, 0) is 42.3 Å². The van der Waals surface area contributed by atoms with Gasteiger partial charge < -0.3 is 5.73 Å².